The first kappa shape index (κ1) is 14.4. The molecule has 0 spiro atoms. The summed E-state index contributed by atoms with van der Waals surface area (Å²) in [6.07, 6.45) is 5.63. The molecule has 1 saturated carbocycles. The molecule has 2 atom stereocenters. The van der Waals surface area contributed by atoms with Crippen molar-refractivity contribution in [2.45, 2.75) is 58.8 Å². The van der Waals surface area contributed by atoms with E-state index < -0.39 is 0 Å². The van der Waals surface area contributed by atoms with E-state index >= 15 is 0 Å². The molecule has 0 saturated heterocycles. The van der Waals surface area contributed by atoms with Crippen molar-refractivity contribution in [1.82, 2.24) is 0 Å². The van der Waals surface area contributed by atoms with Gasteiger partial charge in [-0.3, -0.25) is 0 Å². The Labute approximate surface area is 118 Å². The van der Waals surface area contributed by atoms with Crippen molar-refractivity contribution in [2.24, 2.45) is 11.8 Å². The van der Waals surface area contributed by atoms with Crippen LogP contribution in [0.3, 0.4) is 0 Å². The predicted molar refractivity (Wildman–Crippen MR) is 84.8 cm³/mol. The summed E-state index contributed by atoms with van der Waals surface area (Å²) in [6.45, 7) is 10.4. The summed E-state index contributed by atoms with van der Waals surface area (Å²) in [5.74, 6) is 1.77. The fourth-order valence-electron chi connectivity index (χ4n) is 3.29. The molecule has 19 heavy (non-hydrogen) atoms. The van der Waals surface area contributed by atoms with Crippen LogP contribution in [0, 0.1) is 11.8 Å². The van der Waals surface area contributed by atoms with E-state index in [1.54, 1.807) is 0 Å². The van der Waals surface area contributed by atoms with Gasteiger partial charge in [0.1, 0.15) is 0 Å². The highest BCUT2D eigenvalue weighted by atomic mass is 14.9. The minimum Gasteiger partial charge on any atom is -0.385 e. The Hall–Kier alpha value is -0.980. The van der Waals surface area contributed by atoms with E-state index in [2.05, 4.69) is 57.3 Å². The lowest BCUT2D eigenvalue weighted by atomic mass is 9.82. The van der Waals surface area contributed by atoms with E-state index in [9.17, 15) is 0 Å². The van der Waals surface area contributed by atoms with Gasteiger partial charge in [0.25, 0.3) is 0 Å². The van der Waals surface area contributed by atoms with Gasteiger partial charge in [0.05, 0.1) is 0 Å². The van der Waals surface area contributed by atoms with Crippen LogP contribution >= 0.6 is 0 Å². The average Bonchev–Trinajstić information content (AvgIpc) is 2.36. The number of rotatable bonds is 3. The van der Waals surface area contributed by atoms with Gasteiger partial charge in [-0.05, 0) is 41.7 Å². The van der Waals surface area contributed by atoms with Gasteiger partial charge in [-0.25, -0.2) is 0 Å². The topological polar surface area (TPSA) is 12.0 Å². The molecule has 0 aromatic heterocycles. The number of nitrogens with one attached hydrogen (secondary N) is 1. The summed E-state index contributed by atoms with van der Waals surface area (Å²) < 4.78 is 0. The first-order valence-electron chi connectivity index (χ1n) is 7.80. The molecule has 1 fully saturated rings. The highest BCUT2D eigenvalue weighted by Crippen LogP contribution is 2.31. The van der Waals surface area contributed by atoms with Crippen molar-refractivity contribution in [3.63, 3.8) is 0 Å². The molecule has 1 aliphatic rings. The Kier molecular flexibility index (Phi) is 4.54. The zero-order valence-corrected chi connectivity index (χ0v) is 13.0. The van der Waals surface area contributed by atoms with E-state index in [0.717, 1.165) is 18.4 Å². The highest BCUT2D eigenvalue weighted by molar-refractivity contribution is 5.54. The molecule has 2 rings (SSSR count). The lowest BCUT2D eigenvalue weighted by Crippen LogP contribution is -2.22. The molecule has 2 unspecified atom stereocenters. The number of benzene rings is 1. The summed E-state index contributed by atoms with van der Waals surface area (Å²) >= 11 is 0. The van der Waals surface area contributed by atoms with Crippen molar-refractivity contribution in [1.29, 1.82) is 0 Å². The number of anilines is 1. The molecule has 1 aromatic carbocycles. The second-order valence-corrected chi connectivity index (χ2v) is 7.31. The minimum atomic E-state index is 0.212. The van der Waals surface area contributed by atoms with E-state index in [-0.39, 0.29) is 5.41 Å². The molecular formula is C18H29N. The van der Waals surface area contributed by atoms with Crippen molar-refractivity contribution in [3.05, 3.63) is 29.8 Å². The van der Waals surface area contributed by atoms with Gasteiger partial charge in [-0.1, -0.05) is 58.7 Å². The fourth-order valence-corrected chi connectivity index (χ4v) is 3.29. The third-order valence-corrected chi connectivity index (χ3v) is 4.36. The zero-order chi connectivity index (χ0) is 13.9. The Morgan fingerprint density at radius 3 is 2.58 bits per heavy atom. The maximum absolute atomic E-state index is 3.71. The molecule has 1 N–H and O–H groups in total. The SMILES string of the molecule is CC1CCCC(CNc2ccccc2C(C)(C)C)C1. The second-order valence-electron chi connectivity index (χ2n) is 7.31. The lowest BCUT2D eigenvalue weighted by molar-refractivity contribution is 0.293. The maximum Gasteiger partial charge on any atom is 0.0378 e. The summed E-state index contributed by atoms with van der Waals surface area (Å²) in [5, 5.41) is 3.71. The number of hydrogen-bond acceptors (Lipinski definition) is 1. The van der Waals surface area contributed by atoms with Crippen molar-refractivity contribution in [2.75, 3.05) is 11.9 Å². The largest absolute Gasteiger partial charge is 0.385 e. The van der Waals surface area contributed by atoms with Crippen LogP contribution in [0.1, 0.15) is 58.9 Å². The summed E-state index contributed by atoms with van der Waals surface area (Å²) in [5.41, 5.74) is 2.97. The zero-order valence-electron chi connectivity index (χ0n) is 13.0. The Morgan fingerprint density at radius 2 is 1.89 bits per heavy atom. The monoisotopic (exact) mass is 259 g/mol. The van der Waals surface area contributed by atoms with Gasteiger partial charge in [0.2, 0.25) is 0 Å². The van der Waals surface area contributed by atoms with E-state index in [4.69, 9.17) is 0 Å². The Balaban J connectivity index is 1.99. The van der Waals surface area contributed by atoms with Crippen LogP contribution in [-0.4, -0.2) is 6.54 Å². The van der Waals surface area contributed by atoms with E-state index in [1.165, 1.54) is 36.9 Å². The highest BCUT2D eigenvalue weighted by Gasteiger charge is 2.20. The third-order valence-electron chi connectivity index (χ3n) is 4.36. The molecule has 0 radical (unpaired) electrons. The van der Waals surface area contributed by atoms with Crippen molar-refractivity contribution >= 4 is 5.69 Å². The standard InChI is InChI=1S/C18H29N/c1-14-8-7-9-15(12-14)13-19-17-11-6-5-10-16(17)18(2,3)4/h5-6,10-11,14-15,19H,7-9,12-13H2,1-4H3. The fraction of sp³-hybridized carbons (Fsp3) is 0.667. The van der Waals surface area contributed by atoms with Crippen molar-refractivity contribution < 1.29 is 0 Å². The quantitative estimate of drug-likeness (QED) is 0.784. The second kappa shape index (κ2) is 5.98. The molecule has 106 valence electrons. The molecule has 0 amide bonds. The molecular weight excluding hydrogens is 230 g/mol. The lowest BCUT2D eigenvalue weighted by Gasteiger charge is -2.29. The van der Waals surface area contributed by atoms with Crippen LogP contribution in [0.5, 0.6) is 0 Å². The molecule has 1 nitrogen and oxygen atoms in total. The van der Waals surface area contributed by atoms with E-state index in [1.807, 2.05) is 0 Å². The van der Waals surface area contributed by atoms with Gasteiger partial charge in [0, 0.05) is 12.2 Å². The molecule has 1 aliphatic carbocycles. The van der Waals surface area contributed by atoms with Crippen molar-refractivity contribution in [3.8, 4) is 0 Å². The normalized spacial score (nSPS) is 24.2. The van der Waals surface area contributed by atoms with Crippen LogP contribution in [0.2, 0.25) is 0 Å². The molecule has 0 bridgehead atoms. The number of para-hydroxylation sites is 1. The third kappa shape index (κ3) is 3.99. The minimum absolute atomic E-state index is 0.212. The van der Waals surface area contributed by atoms with Crippen LogP contribution in [-0.2, 0) is 5.41 Å². The van der Waals surface area contributed by atoms with Gasteiger partial charge in [-0.2, -0.15) is 0 Å². The Morgan fingerprint density at radius 1 is 1.16 bits per heavy atom. The molecule has 1 heteroatoms. The first-order chi connectivity index (χ1) is 8.97. The summed E-state index contributed by atoms with van der Waals surface area (Å²) in [7, 11) is 0. The summed E-state index contributed by atoms with van der Waals surface area (Å²) in [6, 6.07) is 8.77. The van der Waals surface area contributed by atoms with Gasteiger partial charge in [-0.15, -0.1) is 0 Å². The van der Waals surface area contributed by atoms with Crippen LogP contribution in [0.25, 0.3) is 0 Å². The Bertz CT molecular complexity index is 402. The predicted octanol–water partition coefficient (Wildman–Crippen LogP) is 5.22. The van der Waals surface area contributed by atoms with Gasteiger partial charge in [0.15, 0.2) is 0 Å². The van der Waals surface area contributed by atoms with Crippen LogP contribution in [0.4, 0.5) is 5.69 Å². The molecule has 0 aliphatic heterocycles. The van der Waals surface area contributed by atoms with Crippen LogP contribution in [0.15, 0.2) is 24.3 Å². The maximum atomic E-state index is 3.71. The van der Waals surface area contributed by atoms with Gasteiger partial charge >= 0.3 is 0 Å². The van der Waals surface area contributed by atoms with Crippen LogP contribution < -0.4 is 5.32 Å². The van der Waals surface area contributed by atoms with Gasteiger partial charge < -0.3 is 5.32 Å². The smallest absolute Gasteiger partial charge is 0.0378 e. The average molecular weight is 259 g/mol. The molecule has 1 aromatic rings. The number of hydrogen-bond donors (Lipinski definition) is 1. The van der Waals surface area contributed by atoms with E-state index in [0.29, 0.717) is 0 Å². The molecule has 0 heterocycles. The first-order valence-corrected chi connectivity index (χ1v) is 7.80. The summed E-state index contributed by atoms with van der Waals surface area (Å²) in [4.78, 5) is 0.